The van der Waals surface area contributed by atoms with E-state index in [1.54, 1.807) is 13.0 Å². The summed E-state index contributed by atoms with van der Waals surface area (Å²) in [7, 11) is 0. The van der Waals surface area contributed by atoms with Crippen molar-refractivity contribution in [2.24, 2.45) is 11.3 Å². The van der Waals surface area contributed by atoms with E-state index in [4.69, 9.17) is 9.47 Å². The second-order valence-electron chi connectivity index (χ2n) is 9.13. The van der Waals surface area contributed by atoms with Crippen molar-refractivity contribution in [2.75, 3.05) is 0 Å². The molecule has 2 atom stereocenters. The first kappa shape index (κ1) is 29.6. The number of carbonyl (C=O) groups is 4. The van der Waals surface area contributed by atoms with E-state index >= 15 is 0 Å². The fourth-order valence-electron chi connectivity index (χ4n) is 4.13. The summed E-state index contributed by atoms with van der Waals surface area (Å²) in [5.74, 6) is -2.61. The van der Waals surface area contributed by atoms with Crippen molar-refractivity contribution < 1.29 is 43.2 Å². The quantitative estimate of drug-likeness (QED) is 0.0802. The molecular formula is C27H26N2O11. The number of hydrogen-bond donors (Lipinski definition) is 0. The average Bonchev–Trinajstić information content (AvgIpc) is 3.15. The normalized spacial score (nSPS) is 19.0. The number of rotatable bonds is 9. The number of carbonyl (C=O) groups excluding carboxylic acids is 4. The second-order valence-corrected chi connectivity index (χ2v) is 9.13. The van der Waals surface area contributed by atoms with Crippen LogP contribution in [0.15, 0.2) is 60.7 Å². The SMILES string of the molecule is CC12C=CCCC1C(=O)OC2=O.O=C(CCCCC(=O)Oc1ccccc1[N+](=O)[O-])Oc1ccccc1[N+](=O)[O-]. The molecule has 0 radical (unpaired) electrons. The van der Waals surface area contributed by atoms with Crippen molar-refractivity contribution in [3.63, 3.8) is 0 Å². The van der Waals surface area contributed by atoms with E-state index in [9.17, 15) is 39.4 Å². The van der Waals surface area contributed by atoms with Crippen molar-refractivity contribution in [3.05, 3.63) is 80.9 Å². The van der Waals surface area contributed by atoms with Gasteiger partial charge in [0.25, 0.3) is 0 Å². The number of para-hydroxylation sites is 4. The number of cyclic esters (lactones) is 2. The lowest BCUT2D eigenvalue weighted by atomic mass is 9.73. The Morgan fingerprint density at radius 3 is 1.82 bits per heavy atom. The molecule has 0 amide bonds. The molecule has 1 aliphatic carbocycles. The lowest BCUT2D eigenvalue weighted by Crippen LogP contribution is -2.30. The van der Waals surface area contributed by atoms with Gasteiger partial charge in [0, 0.05) is 25.0 Å². The van der Waals surface area contributed by atoms with Crippen LogP contribution in [0.2, 0.25) is 0 Å². The third-order valence-corrected chi connectivity index (χ3v) is 6.31. The molecule has 1 aliphatic heterocycles. The van der Waals surface area contributed by atoms with Gasteiger partial charge in [-0.3, -0.25) is 39.4 Å². The van der Waals surface area contributed by atoms with E-state index in [1.807, 2.05) is 6.08 Å². The zero-order valence-electron chi connectivity index (χ0n) is 21.5. The van der Waals surface area contributed by atoms with E-state index in [0.29, 0.717) is 0 Å². The number of hydrogen-bond acceptors (Lipinski definition) is 11. The fourth-order valence-corrected chi connectivity index (χ4v) is 4.13. The molecular weight excluding hydrogens is 528 g/mol. The number of ether oxygens (including phenoxy) is 3. The maximum absolute atomic E-state index is 11.8. The lowest BCUT2D eigenvalue weighted by molar-refractivity contribution is -0.385. The van der Waals surface area contributed by atoms with Gasteiger partial charge in [-0.05, 0) is 44.7 Å². The molecule has 1 fully saturated rings. The van der Waals surface area contributed by atoms with Gasteiger partial charge < -0.3 is 14.2 Å². The second kappa shape index (κ2) is 13.2. The molecule has 13 heteroatoms. The fraction of sp³-hybridized carbons (Fsp3) is 0.333. The van der Waals surface area contributed by atoms with E-state index < -0.39 is 33.2 Å². The van der Waals surface area contributed by atoms with Crippen molar-refractivity contribution in [3.8, 4) is 11.5 Å². The zero-order valence-corrected chi connectivity index (χ0v) is 21.5. The van der Waals surface area contributed by atoms with Crippen LogP contribution in [-0.2, 0) is 23.9 Å². The van der Waals surface area contributed by atoms with Crippen LogP contribution in [0.25, 0.3) is 0 Å². The van der Waals surface area contributed by atoms with Crippen LogP contribution in [0, 0.1) is 31.6 Å². The molecule has 4 rings (SSSR count). The number of fused-ring (bicyclic) bond motifs is 1. The van der Waals surface area contributed by atoms with Crippen LogP contribution in [-0.4, -0.2) is 33.7 Å². The van der Waals surface area contributed by atoms with Crippen LogP contribution >= 0.6 is 0 Å². The Labute approximate surface area is 228 Å². The van der Waals surface area contributed by atoms with E-state index in [1.165, 1.54) is 48.5 Å². The van der Waals surface area contributed by atoms with Crippen LogP contribution in [0.1, 0.15) is 45.4 Å². The van der Waals surface area contributed by atoms with E-state index in [0.717, 1.165) is 12.8 Å². The van der Waals surface area contributed by atoms with Gasteiger partial charge in [-0.25, -0.2) is 0 Å². The van der Waals surface area contributed by atoms with Crippen molar-refractivity contribution in [1.82, 2.24) is 0 Å². The van der Waals surface area contributed by atoms with Gasteiger partial charge in [0.2, 0.25) is 11.5 Å². The molecule has 2 aliphatic rings. The van der Waals surface area contributed by atoms with Gasteiger partial charge in [0.05, 0.1) is 21.2 Å². The topological polar surface area (TPSA) is 182 Å². The number of allylic oxidation sites excluding steroid dienone is 1. The first-order chi connectivity index (χ1) is 19.0. The number of nitrogens with zero attached hydrogens (tertiary/aromatic N) is 2. The van der Waals surface area contributed by atoms with Crippen molar-refractivity contribution in [2.45, 2.75) is 45.4 Å². The lowest BCUT2D eigenvalue weighted by Gasteiger charge is -2.24. The molecule has 0 spiro atoms. The van der Waals surface area contributed by atoms with Crippen LogP contribution < -0.4 is 9.47 Å². The minimum atomic E-state index is -0.671. The Morgan fingerprint density at radius 2 is 1.38 bits per heavy atom. The molecule has 0 N–H and O–H groups in total. The molecule has 40 heavy (non-hydrogen) atoms. The largest absolute Gasteiger partial charge is 0.419 e. The molecule has 13 nitrogen and oxygen atoms in total. The third kappa shape index (κ3) is 7.34. The summed E-state index contributed by atoms with van der Waals surface area (Å²) in [5, 5.41) is 21.8. The first-order valence-electron chi connectivity index (χ1n) is 12.3. The molecule has 2 aromatic carbocycles. The molecule has 0 bridgehead atoms. The van der Waals surface area contributed by atoms with E-state index in [-0.39, 0.29) is 60.4 Å². The number of unbranched alkanes of at least 4 members (excludes halogenated alkanes) is 1. The van der Waals surface area contributed by atoms with Gasteiger partial charge in [0.1, 0.15) is 0 Å². The highest BCUT2D eigenvalue weighted by molar-refractivity contribution is 6.00. The smallest absolute Gasteiger partial charge is 0.324 e. The maximum Gasteiger partial charge on any atom is 0.324 e. The van der Waals surface area contributed by atoms with E-state index in [2.05, 4.69) is 4.74 Å². The first-order valence-corrected chi connectivity index (χ1v) is 12.3. The highest BCUT2D eigenvalue weighted by atomic mass is 16.6. The summed E-state index contributed by atoms with van der Waals surface area (Å²) in [6.07, 6.45) is 5.80. The monoisotopic (exact) mass is 554 g/mol. The highest BCUT2D eigenvalue weighted by Gasteiger charge is 2.53. The zero-order chi connectivity index (χ0) is 29.3. The predicted octanol–water partition coefficient (Wildman–Crippen LogP) is 4.62. The standard InChI is InChI=1S/C18H16N2O8.C9H10O3/c21-17(27-15-9-3-1-7-13(15)19(23)24)11-5-6-12-18(22)28-16-10-4-2-8-14(16)20(25)26;1-9-5-3-2-4-6(9)7(10)12-8(9)11/h1-4,7-10H,5-6,11-12H2;3,5-6H,2,4H2,1H3. The number of nitro groups is 2. The van der Waals surface area contributed by atoms with Gasteiger partial charge in [-0.15, -0.1) is 0 Å². The molecule has 0 saturated carbocycles. The van der Waals surface area contributed by atoms with Crippen LogP contribution in [0.4, 0.5) is 11.4 Å². The molecule has 2 unspecified atom stereocenters. The summed E-state index contributed by atoms with van der Waals surface area (Å²) in [6.45, 7) is 1.76. The molecule has 1 heterocycles. The van der Waals surface area contributed by atoms with Crippen LogP contribution in [0.5, 0.6) is 11.5 Å². The van der Waals surface area contributed by atoms with Gasteiger partial charge in [-0.1, -0.05) is 36.4 Å². The molecule has 1 saturated heterocycles. The third-order valence-electron chi connectivity index (χ3n) is 6.31. The summed E-state index contributed by atoms with van der Waals surface area (Å²) in [5.41, 5.74) is -1.30. The molecule has 0 aromatic heterocycles. The highest BCUT2D eigenvalue weighted by Crippen LogP contribution is 2.43. The molecule has 2 aromatic rings. The minimum absolute atomic E-state index is 0.0508. The summed E-state index contributed by atoms with van der Waals surface area (Å²) in [6, 6.07) is 11.0. The van der Waals surface area contributed by atoms with Gasteiger partial charge >= 0.3 is 35.3 Å². The van der Waals surface area contributed by atoms with Crippen molar-refractivity contribution in [1.29, 1.82) is 0 Å². The van der Waals surface area contributed by atoms with Gasteiger partial charge in [-0.2, -0.15) is 0 Å². The van der Waals surface area contributed by atoms with Crippen LogP contribution in [0.3, 0.4) is 0 Å². The average molecular weight is 555 g/mol. The summed E-state index contributed by atoms with van der Waals surface area (Å²) in [4.78, 5) is 66.5. The summed E-state index contributed by atoms with van der Waals surface area (Å²) >= 11 is 0. The molecule has 210 valence electrons. The predicted molar refractivity (Wildman–Crippen MR) is 137 cm³/mol. The number of esters is 4. The Bertz CT molecular complexity index is 1280. The number of nitro benzene ring substituents is 2. The number of benzene rings is 2. The summed E-state index contributed by atoms with van der Waals surface area (Å²) < 4.78 is 14.5. The Hall–Kier alpha value is -4.94. The Morgan fingerprint density at radius 1 is 0.900 bits per heavy atom. The Kier molecular flexibility index (Phi) is 9.79. The minimum Gasteiger partial charge on any atom is -0.419 e. The van der Waals surface area contributed by atoms with Gasteiger partial charge in [0.15, 0.2) is 0 Å². The van der Waals surface area contributed by atoms with Crippen molar-refractivity contribution >= 4 is 35.3 Å². The maximum atomic E-state index is 11.8. The Balaban J connectivity index is 0.000000302.